The summed E-state index contributed by atoms with van der Waals surface area (Å²) in [7, 11) is 2.11. The Morgan fingerprint density at radius 3 is 2.44 bits per heavy atom. The van der Waals surface area contributed by atoms with E-state index < -0.39 is 0 Å². The first-order valence-electron chi connectivity index (χ1n) is 7.37. The van der Waals surface area contributed by atoms with E-state index in [4.69, 9.17) is 0 Å². The van der Waals surface area contributed by atoms with Gasteiger partial charge in [0.2, 0.25) is 0 Å². The van der Waals surface area contributed by atoms with Gasteiger partial charge < -0.3 is 5.32 Å². The van der Waals surface area contributed by atoms with Crippen LogP contribution in [0.4, 0.5) is 0 Å². The third kappa shape index (κ3) is 4.86. The minimum absolute atomic E-state index is 0.651. The van der Waals surface area contributed by atoms with Crippen molar-refractivity contribution in [2.24, 2.45) is 5.41 Å². The predicted octanol–water partition coefficient (Wildman–Crippen LogP) is 4.52. The van der Waals surface area contributed by atoms with Crippen LogP contribution in [-0.4, -0.2) is 13.1 Å². The van der Waals surface area contributed by atoms with Crippen molar-refractivity contribution in [3.05, 3.63) is 0 Å². The second-order valence-corrected chi connectivity index (χ2v) is 6.06. The van der Waals surface area contributed by atoms with Crippen LogP contribution < -0.4 is 5.32 Å². The topological polar surface area (TPSA) is 12.0 Å². The van der Waals surface area contributed by atoms with Crippen molar-refractivity contribution in [2.45, 2.75) is 84.1 Å². The SMILES string of the molecule is CCCCCCCCC1(C)CCC(NC)C1. The molecule has 2 unspecified atom stereocenters. The van der Waals surface area contributed by atoms with Crippen LogP contribution in [-0.2, 0) is 0 Å². The molecule has 0 heterocycles. The van der Waals surface area contributed by atoms with Crippen molar-refractivity contribution in [1.29, 1.82) is 0 Å². The van der Waals surface area contributed by atoms with Crippen LogP contribution >= 0.6 is 0 Å². The van der Waals surface area contributed by atoms with E-state index in [9.17, 15) is 0 Å². The molecule has 1 aliphatic carbocycles. The van der Waals surface area contributed by atoms with E-state index in [1.807, 2.05) is 0 Å². The Balaban J connectivity index is 2.04. The van der Waals surface area contributed by atoms with Crippen LogP contribution in [0.1, 0.15) is 78.1 Å². The van der Waals surface area contributed by atoms with Gasteiger partial charge in [-0.2, -0.15) is 0 Å². The van der Waals surface area contributed by atoms with Gasteiger partial charge >= 0.3 is 0 Å². The minimum atomic E-state index is 0.651. The molecule has 1 saturated carbocycles. The zero-order valence-electron chi connectivity index (χ0n) is 11.6. The Morgan fingerprint density at radius 1 is 1.12 bits per heavy atom. The molecule has 0 aromatic carbocycles. The lowest BCUT2D eigenvalue weighted by molar-refractivity contribution is 0.286. The highest BCUT2D eigenvalue weighted by molar-refractivity contribution is 4.88. The van der Waals surface area contributed by atoms with Crippen LogP contribution in [0.15, 0.2) is 0 Å². The minimum Gasteiger partial charge on any atom is -0.317 e. The fraction of sp³-hybridized carbons (Fsp3) is 1.00. The summed E-state index contributed by atoms with van der Waals surface area (Å²) >= 11 is 0. The summed E-state index contributed by atoms with van der Waals surface area (Å²) in [4.78, 5) is 0. The first-order valence-corrected chi connectivity index (χ1v) is 7.37. The molecule has 0 amide bonds. The standard InChI is InChI=1S/C15H31N/c1-4-5-6-7-8-9-11-15(2)12-10-14(13-15)16-3/h14,16H,4-13H2,1-3H3. The van der Waals surface area contributed by atoms with Gasteiger partial charge in [0.15, 0.2) is 0 Å². The van der Waals surface area contributed by atoms with Crippen molar-refractivity contribution >= 4 is 0 Å². The molecule has 16 heavy (non-hydrogen) atoms. The van der Waals surface area contributed by atoms with Crippen molar-refractivity contribution in [2.75, 3.05) is 7.05 Å². The van der Waals surface area contributed by atoms with Gasteiger partial charge in [0.05, 0.1) is 0 Å². The lowest BCUT2D eigenvalue weighted by Crippen LogP contribution is -2.23. The lowest BCUT2D eigenvalue weighted by atomic mass is 9.83. The van der Waals surface area contributed by atoms with Crippen LogP contribution in [0.25, 0.3) is 0 Å². The van der Waals surface area contributed by atoms with Gasteiger partial charge in [-0.05, 0) is 38.1 Å². The average molecular weight is 225 g/mol. The first-order chi connectivity index (χ1) is 7.70. The second kappa shape index (κ2) is 7.32. The molecule has 0 aliphatic heterocycles. The van der Waals surface area contributed by atoms with Crippen LogP contribution in [0.5, 0.6) is 0 Å². The normalized spacial score (nSPS) is 29.8. The first kappa shape index (κ1) is 14.0. The van der Waals surface area contributed by atoms with Crippen molar-refractivity contribution < 1.29 is 0 Å². The summed E-state index contributed by atoms with van der Waals surface area (Å²) in [6, 6.07) is 0.796. The van der Waals surface area contributed by atoms with E-state index in [2.05, 4.69) is 26.2 Å². The summed E-state index contributed by atoms with van der Waals surface area (Å²) < 4.78 is 0. The molecule has 0 bridgehead atoms. The van der Waals surface area contributed by atoms with Gasteiger partial charge in [0.1, 0.15) is 0 Å². The average Bonchev–Trinajstić information content (AvgIpc) is 2.66. The molecule has 1 N–H and O–H groups in total. The molecule has 0 saturated heterocycles. The second-order valence-electron chi connectivity index (χ2n) is 6.06. The molecule has 1 fully saturated rings. The maximum Gasteiger partial charge on any atom is 0.00694 e. The van der Waals surface area contributed by atoms with Crippen LogP contribution in [0.2, 0.25) is 0 Å². The van der Waals surface area contributed by atoms with Gasteiger partial charge in [-0.25, -0.2) is 0 Å². The quantitative estimate of drug-likeness (QED) is 0.599. The zero-order valence-corrected chi connectivity index (χ0v) is 11.6. The van der Waals surface area contributed by atoms with Gasteiger partial charge in [0, 0.05) is 6.04 Å². The Kier molecular flexibility index (Phi) is 6.41. The molecule has 0 aromatic rings. The molecule has 0 spiro atoms. The van der Waals surface area contributed by atoms with E-state index in [0.717, 1.165) is 6.04 Å². The molecule has 2 atom stereocenters. The van der Waals surface area contributed by atoms with Gasteiger partial charge in [-0.1, -0.05) is 52.4 Å². The Morgan fingerprint density at radius 2 is 1.81 bits per heavy atom. The van der Waals surface area contributed by atoms with Crippen LogP contribution in [0, 0.1) is 5.41 Å². The fourth-order valence-corrected chi connectivity index (χ4v) is 3.13. The highest BCUT2D eigenvalue weighted by Crippen LogP contribution is 2.41. The summed E-state index contributed by atoms with van der Waals surface area (Å²) in [5.74, 6) is 0. The highest BCUT2D eigenvalue weighted by Gasteiger charge is 2.33. The lowest BCUT2D eigenvalue weighted by Gasteiger charge is -2.24. The van der Waals surface area contributed by atoms with Gasteiger partial charge in [-0.15, -0.1) is 0 Å². The van der Waals surface area contributed by atoms with E-state index >= 15 is 0 Å². The molecule has 1 heteroatoms. The van der Waals surface area contributed by atoms with Crippen LogP contribution in [0.3, 0.4) is 0 Å². The number of hydrogen-bond donors (Lipinski definition) is 1. The van der Waals surface area contributed by atoms with E-state index in [0.29, 0.717) is 5.41 Å². The third-order valence-corrected chi connectivity index (χ3v) is 4.38. The van der Waals surface area contributed by atoms with Gasteiger partial charge in [0.25, 0.3) is 0 Å². The molecule has 0 radical (unpaired) electrons. The molecule has 96 valence electrons. The molecular formula is C15H31N. The van der Waals surface area contributed by atoms with Crippen molar-refractivity contribution in [3.63, 3.8) is 0 Å². The van der Waals surface area contributed by atoms with Crippen molar-refractivity contribution in [3.8, 4) is 0 Å². The van der Waals surface area contributed by atoms with E-state index in [1.54, 1.807) is 0 Å². The maximum absolute atomic E-state index is 3.44. The number of unbranched alkanes of at least 4 members (excludes halogenated alkanes) is 5. The monoisotopic (exact) mass is 225 g/mol. The molecule has 1 nitrogen and oxygen atoms in total. The smallest absolute Gasteiger partial charge is 0.00694 e. The number of rotatable bonds is 8. The van der Waals surface area contributed by atoms with Gasteiger partial charge in [-0.3, -0.25) is 0 Å². The summed E-state index contributed by atoms with van der Waals surface area (Å²) in [5, 5.41) is 3.44. The Bertz CT molecular complexity index is 178. The van der Waals surface area contributed by atoms with E-state index in [1.165, 1.54) is 64.2 Å². The molecular weight excluding hydrogens is 194 g/mol. The van der Waals surface area contributed by atoms with E-state index in [-0.39, 0.29) is 0 Å². The predicted molar refractivity (Wildman–Crippen MR) is 72.8 cm³/mol. The summed E-state index contributed by atoms with van der Waals surface area (Å²) in [6.07, 6.45) is 14.3. The Labute approximate surface area is 102 Å². The summed E-state index contributed by atoms with van der Waals surface area (Å²) in [6.45, 7) is 4.79. The highest BCUT2D eigenvalue weighted by atomic mass is 14.9. The number of hydrogen-bond acceptors (Lipinski definition) is 1. The largest absolute Gasteiger partial charge is 0.317 e. The maximum atomic E-state index is 3.44. The molecule has 1 rings (SSSR count). The third-order valence-electron chi connectivity index (χ3n) is 4.38. The molecule has 0 aromatic heterocycles. The molecule has 1 aliphatic rings. The number of nitrogens with one attached hydrogen (secondary N) is 1. The summed E-state index contributed by atoms with van der Waals surface area (Å²) in [5.41, 5.74) is 0.651. The fourth-order valence-electron chi connectivity index (χ4n) is 3.13. The Hall–Kier alpha value is -0.0400. The van der Waals surface area contributed by atoms with Crippen molar-refractivity contribution in [1.82, 2.24) is 5.32 Å². The zero-order chi connectivity index (χ0) is 11.9.